The van der Waals surface area contributed by atoms with Gasteiger partial charge in [-0.1, -0.05) is 0 Å². The van der Waals surface area contributed by atoms with Crippen molar-refractivity contribution >= 4 is 11.7 Å². The number of methoxy groups -OCH3 is 1. The molecule has 0 bridgehead atoms. The molecular formula is C9H8FNO5. The number of aliphatic hydroxyl groups is 1. The quantitative estimate of drug-likeness (QED) is 0.473. The summed E-state index contributed by atoms with van der Waals surface area (Å²) in [5, 5.41) is 19.6. The molecule has 0 aromatic heterocycles. The minimum Gasteiger partial charge on any atom is -0.467 e. The number of aliphatic hydroxyl groups excluding tert-OH is 1. The van der Waals surface area contributed by atoms with E-state index in [0.29, 0.717) is 0 Å². The van der Waals surface area contributed by atoms with Crippen molar-refractivity contribution in [2.24, 2.45) is 0 Å². The zero-order chi connectivity index (χ0) is 12.3. The second-order valence-corrected chi connectivity index (χ2v) is 2.89. The van der Waals surface area contributed by atoms with Crippen LogP contribution < -0.4 is 0 Å². The van der Waals surface area contributed by atoms with Crippen LogP contribution in [0.1, 0.15) is 11.7 Å². The van der Waals surface area contributed by atoms with Crippen LogP contribution in [0.25, 0.3) is 0 Å². The van der Waals surface area contributed by atoms with E-state index in [2.05, 4.69) is 4.74 Å². The molecule has 6 nitrogen and oxygen atoms in total. The Morgan fingerprint density at radius 3 is 2.69 bits per heavy atom. The zero-order valence-electron chi connectivity index (χ0n) is 8.21. The van der Waals surface area contributed by atoms with Crippen LogP contribution in [-0.4, -0.2) is 23.1 Å². The molecule has 86 valence electrons. The van der Waals surface area contributed by atoms with Crippen LogP contribution >= 0.6 is 0 Å². The van der Waals surface area contributed by atoms with E-state index < -0.39 is 28.5 Å². The Morgan fingerprint density at radius 1 is 1.62 bits per heavy atom. The Kier molecular flexibility index (Phi) is 3.51. The second-order valence-electron chi connectivity index (χ2n) is 2.89. The highest BCUT2D eigenvalue weighted by Crippen LogP contribution is 2.22. The van der Waals surface area contributed by atoms with Crippen LogP contribution in [0, 0.1) is 15.9 Å². The van der Waals surface area contributed by atoms with Crippen LogP contribution in [0.5, 0.6) is 0 Å². The summed E-state index contributed by atoms with van der Waals surface area (Å²) in [6.45, 7) is 0. The molecule has 0 aliphatic carbocycles. The fourth-order valence-corrected chi connectivity index (χ4v) is 1.09. The Labute approximate surface area is 89.4 Å². The minimum atomic E-state index is -1.65. The summed E-state index contributed by atoms with van der Waals surface area (Å²) < 4.78 is 17.4. The molecule has 0 aliphatic heterocycles. The van der Waals surface area contributed by atoms with Crippen molar-refractivity contribution in [2.45, 2.75) is 6.10 Å². The Hall–Kier alpha value is -2.02. The third kappa shape index (κ3) is 2.31. The van der Waals surface area contributed by atoms with Gasteiger partial charge in [0.15, 0.2) is 6.10 Å². The molecule has 0 fully saturated rings. The predicted octanol–water partition coefficient (Wildman–Crippen LogP) is 0.940. The first-order chi connectivity index (χ1) is 7.47. The number of nitro groups is 1. The normalized spacial score (nSPS) is 11.9. The first kappa shape index (κ1) is 12.1. The van der Waals surface area contributed by atoms with E-state index in [4.69, 9.17) is 0 Å². The number of benzene rings is 1. The lowest BCUT2D eigenvalue weighted by molar-refractivity contribution is -0.387. The minimum absolute atomic E-state index is 0.102. The third-order valence-electron chi connectivity index (χ3n) is 1.91. The van der Waals surface area contributed by atoms with E-state index in [1.165, 1.54) is 0 Å². The molecule has 0 saturated carbocycles. The maximum Gasteiger partial charge on any atom is 0.339 e. The summed E-state index contributed by atoms with van der Waals surface area (Å²) >= 11 is 0. The Bertz CT molecular complexity index is 434. The van der Waals surface area contributed by atoms with Crippen LogP contribution in [0.2, 0.25) is 0 Å². The molecule has 0 aliphatic rings. The molecule has 0 spiro atoms. The molecule has 7 heteroatoms. The molecule has 1 aromatic rings. The van der Waals surface area contributed by atoms with Crippen molar-refractivity contribution in [2.75, 3.05) is 7.11 Å². The van der Waals surface area contributed by atoms with Gasteiger partial charge < -0.3 is 9.84 Å². The molecular weight excluding hydrogens is 221 g/mol. The predicted molar refractivity (Wildman–Crippen MR) is 50.0 cm³/mol. The summed E-state index contributed by atoms with van der Waals surface area (Å²) in [4.78, 5) is 20.3. The largest absolute Gasteiger partial charge is 0.467 e. The smallest absolute Gasteiger partial charge is 0.339 e. The molecule has 1 N–H and O–H groups in total. The molecule has 0 radical (unpaired) electrons. The lowest BCUT2D eigenvalue weighted by Crippen LogP contribution is -2.13. The summed E-state index contributed by atoms with van der Waals surface area (Å²) in [6.07, 6.45) is -1.65. The number of ether oxygens (including phenoxy) is 1. The van der Waals surface area contributed by atoms with E-state index >= 15 is 0 Å². The van der Waals surface area contributed by atoms with Crippen LogP contribution in [0.3, 0.4) is 0 Å². The number of hydrogen-bond acceptors (Lipinski definition) is 5. The van der Waals surface area contributed by atoms with Crippen molar-refractivity contribution in [1.29, 1.82) is 0 Å². The lowest BCUT2D eigenvalue weighted by Gasteiger charge is -2.08. The average Bonchev–Trinajstić information content (AvgIpc) is 2.26. The van der Waals surface area contributed by atoms with E-state index in [-0.39, 0.29) is 5.56 Å². The van der Waals surface area contributed by atoms with Gasteiger partial charge >= 0.3 is 11.7 Å². The fraction of sp³-hybridized carbons (Fsp3) is 0.222. The highest BCUT2D eigenvalue weighted by atomic mass is 19.1. The molecule has 1 rings (SSSR count). The van der Waals surface area contributed by atoms with Crippen LogP contribution in [0.4, 0.5) is 10.1 Å². The summed E-state index contributed by atoms with van der Waals surface area (Å²) in [7, 11) is 1.06. The number of carbonyl (C=O) groups is 1. The van der Waals surface area contributed by atoms with Gasteiger partial charge in [-0.3, -0.25) is 10.1 Å². The van der Waals surface area contributed by atoms with Gasteiger partial charge in [0.2, 0.25) is 5.82 Å². The molecule has 16 heavy (non-hydrogen) atoms. The van der Waals surface area contributed by atoms with Gasteiger partial charge in [0.1, 0.15) is 0 Å². The van der Waals surface area contributed by atoms with Gasteiger partial charge in [-0.05, 0) is 17.7 Å². The van der Waals surface area contributed by atoms with Crippen molar-refractivity contribution in [3.05, 3.63) is 39.7 Å². The molecule has 0 saturated heterocycles. The maximum absolute atomic E-state index is 13.1. The number of rotatable bonds is 3. The Morgan fingerprint density at radius 2 is 2.25 bits per heavy atom. The first-order valence-electron chi connectivity index (χ1n) is 4.17. The van der Waals surface area contributed by atoms with Crippen molar-refractivity contribution in [3.63, 3.8) is 0 Å². The summed E-state index contributed by atoms with van der Waals surface area (Å²) in [5.41, 5.74) is -0.823. The number of nitro benzene ring substituents is 1. The Balaban J connectivity index is 3.06. The van der Waals surface area contributed by atoms with Gasteiger partial charge in [0.25, 0.3) is 0 Å². The lowest BCUT2D eigenvalue weighted by atomic mass is 10.1. The molecule has 1 aromatic carbocycles. The SMILES string of the molecule is COC(=O)C(O)c1ccc([N+](=O)[O-])c(F)c1. The van der Waals surface area contributed by atoms with Gasteiger partial charge in [0, 0.05) is 6.07 Å². The van der Waals surface area contributed by atoms with E-state index in [1.807, 2.05) is 0 Å². The molecule has 0 amide bonds. The number of carbonyl (C=O) groups excluding carboxylic acids is 1. The van der Waals surface area contributed by atoms with Gasteiger partial charge in [-0.2, -0.15) is 4.39 Å². The van der Waals surface area contributed by atoms with Crippen molar-refractivity contribution < 1.29 is 24.0 Å². The fourth-order valence-electron chi connectivity index (χ4n) is 1.09. The van der Waals surface area contributed by atoms with Crippen LogP contribution in [-0.2, 0) is 9.53 Å². The standard InChI is InChI=1S/C9H8FNO5/c1-16-9(13)8(12)5-2-3-7(11(14)15)6(10)4-5/h2-4,8,12H,1H3. The monoisotopic (exact) mass is 229 g/mol. The summed E-state index contributed by atoms with van der Waals surface area (Å²) in [6, 6.07) is 2.68. The highest BCUT2D eigenvalue weighted by Gasteiger charge is 2.21. The zero-order valence-corrected chi connectivity index (χ0v) is 8.21. The molecule has 1 atom stereocenters. The van der Waals surface area contributed by atoms with E-state index in [9.17, 15) is 24.4 Å². The van der Waals surface area contributed by atoms with Crippen molar-refractivity contribution in [3.8, 4) is 0 Å². The van der Waals surface area contributed by atoms with Gasteiger partial charge in [-0.25, -0.2) is 4.79 Å². The van der Waals surface area contributed by atoms with E-state index in [0.717, 1.165) is 25.3 Å². The third-order valence-corrected chi connectivity index (χ3v) is 1.91. The average molecular weight is 229 g/mol. The van der Waals surface area contributed by atoms with Gasteiger partial charge in [0.05, 0.1) is 12.0 Å². The number of halogens is 1. The molecule has 1 unspecified atom stereocenters. The van der Waals surface area contributed by atoms with Crippen LogP contribution in [0.15, 0.2) is 18.2 Å². The highest BCUT2D eigenvalue weighted by molar-refractivity contribution is 5.76. The van der Waals surface area contributed by atoms with Gasteiger partial charge in [-0.15, -0.1) is 0 Å². The maximum atomic E-state index is 13.1. The first-order valence-corrected chi connectivity index (χ1v) is 4.17. The topological polar surface area (TPSA) is 89.7 Å². The number of nitrogens with zero attached hydrogens (tertiary/aromatic N) is 1. The summed E-state index contributed by atoms with van der Waals surface area (Å²) in [5.74, 6) is -2.08. The van der Waals surface area contributed by atoms with E-state index in [1.54, 1.807) is 0 Å². The number of hydrogen-bond donors (Lipinski definition) is 1. The second kappa shape index (κ2) is 4.67. The molecule has 0 heterocycles. The van der Waals surface area contributed by atoms with Crippen molar-refractivity contribution in [1.82, 2.24) is 0 Å². The number of esters is 1.